The van der Waals surface area contributed by atoms with Gasteiger partial charge in [0.15, 0.2) is 0 Å². The molecule has 1 aromatic carbocycles. The Kier molecular flexibility index (Phi) is 5.21. The molecule has 0 saturated carbocycles. The fourth-order valence-corrected chi connectivity index (χ4v) is 3.02. The van der Waals surface area contributed by atoms with E-state index < -0.39 is 0 Å². The van der Waals surface area contributed by atoms with Crippen LogP contribution in [0.3, 0.4) is 0 Å². The van der Waals surface area contributed by atoms with Crippen molar-refractivity contribution >= 4 is 11.6 Å². The number of hydrogen-bond donors (Lipinski definition) is 1. The van der Waals surface area contributed by atoms with E-state index in [0.717, 1.165) is 28.2 Å². The van der Waals surface area contributed by atoms with Crippen molar-refractivity contribution in [3.8, 4) is 0 Å². The molecule has 1 amide bonds. The highest BCUT2D eigenvalue weighted by Gasteiger charge is 2.11. The third-order valence-electron chi connectivity index (χ3n) is 4.47. The zero-order chi connectivity index (χ0) is 19.3. The van der Waals surface area contributed by atoms with E-state index in [-0.39, 0.29) is 5.91 Å². The third-order valence-corrected chi connectivity index (χ3v) is 4.47. The van der Waals surface area contributed by atoms with Crippen LogP contribution in [0.15, 0.2) is 71.5 Å². The van der Waals surface area contributed by atoms with Gasteiger partial charge in [0.1, 0.15) is 23.7 Å². The van der Waals surface area contributed by atoms with Crippen molar-refractivity contribution in [1.29, 1.82) is 0 Å². The highest BCUT2D eigenvalue weighted by Crippen LogP contribution is 2.11. The highest BCUT2D eigenvalue weighted by molar-refractivity contribution is 5.92. The SMILES string of the molecule is Cc1cccc2nc(C(=O)NCc3cccc(COCc4ccco4)c3)cn12. The molecule has 0 aliphatic heterocycles. The van der Waals surface area contributed by atoms with E-state index in [1.165, 1.54) is 0 Å². The topological polar surface area (TPSA) is 68.8 Å². The van der Waals surface area contributed by atoms with Gasteiger partial charge >= 0.3 is 0 Å². The molecule has 3 heterocycles. The number of furan rings is 1. The van der Waals surface area contributed by atoms with Crippen LogP contribution in [0.1, 0.15) is 33.1 Å². The van der Waals surface area contributed by atoms with Gasteiger partial charge in [-0.25, -0.2) is 4.98 Å². The lowest BCUT2D eigenvalue weighted by molar-refractivity contribution is 0.0928. The first-order valence-corrected chi connectivity index (χ1v) is 9.10. The standard InChI is InChI=1S/C22H21N3O3/c1-16-5-2-9-21-24-20(13-25(16)21)22(26)23-12-17-6-3-7-18(11-17)14-27-15-19-8-4-10-28-19/h2-11,13H,12,14-15H2,1H3,(H,23,26). The van der Waals surface area contributed by atoms with Gasteiger partial charge in [-0.1, -0.05) is 30.3 Å². The Morgan fingerprint density at radius 2 is 1.96 bits per heavy atom. The number of nitrogens with one attached hydrogen (secondary N) is 1. The molecule has 28 heavy (non-hydrogen) atoms. The summed E-state index contributed by atoms with van der Waals surface area (Å²) in [5.41, 5.74) is 4.26. The smallest absolute Gasteiger partial charge is 0.271 e. The minimum absolute atomic E-state index is 0.192. The number of carbonyl (C=O) groups is 1. The van der Waals surface area contributed by atoms with Crippen molar-refractivity contribution in [2.75, 3.05) is 0 Å². The Morgan fingerprint density at radius 1 is 1.11 bits per heavy atom. The predicted octanol–water partition coefficient (Wildman–Crippen LogP) is 3.88. The molecule has 0 atom stereocenters. The molecule has 0 saturated heterocycles. The first kappa shape index (κ1) is 18.0. The van der Waals surface area contributed by atoms with Crippen LogP contribution in [0, 0.1) is 6.92 Å². The molecule has 0 radical (unpaired) electrons. The molecule has 4 aromatic rings. The van der Waals surface area contributed by atoms with Crippen LogP contribution in [-0.2, 0) is 24.5 Å². The second-order valence-electron chi connectivity index (χ2n) is 6.60. The van der Waals surface area contributed by atoms with Crippen molar-refractivity contribution in [3.05, 3.63) is 95.3 Å². The van der Waals surface area contributed by atoms with Gasteiger partial charge in [0, 0.05) is 18.4 Å². The Labute approximate surface area is 162 Å². The lowest BCUT2D eigenvalue weighted by Crippen LogP contribution is -2.23. The van der Waals surface area contributed by atoms with Gasteiger partial charge in [-0.2, -0.15) is 0 Å². The predicted molar refractivity (Wildman–Crippen MR) is 105 cm³/mol. The number of amides is 1. The molecule has 4 rings (SSSR count). The minimum atomic E-state index is -0.192. The normalized spacial score (nSPS) is 11.0. The number of hydrogen-bond acceptors (Lipinski definition) is 4. The molecule has 0 spiro atoms. The average Bonchev–Trinajstić information content (AvgIpc) is 3.37. The van der Waals surface area contributed by atoms with Crippen molar-refractivity contribution in [2.24, 2.45) is 0 Å². The summed E-state index contributed by atoms with van der Waals surface area (Å²) in [5.74, 6) is 0.605. The molecule has 6 nitrogen and oxygen atoms in total. The van der Waals surface area contributed by atoms with E-state index in [1.54, 1.807) is 12.5 Å². The van der Waals surface area contributed by atoms with E-state index in [4.69, 9.17) is 9.15 Å². The fraction of sp³-hybridized carbons (Fsp3) is 0.182. The summed E-state index contributed by atoms with van der Waals surface area (Å²) in [6, 6.07) is 17.5. The molecule has 0 bridgehead atoms. The van der Waals surface area contributed by atoms with Crippen LogP contribution in [0.4, 0.5) is 0 Å². The number of ether oxygens (including phenoxy) is 1. The molecule has 3 aromatic heterocycles. The molecule has 0 fully saturated rings. The second-order valence-corrected chi connectivity index (χ2v) is 6.60. The zero-order valence-corrected chi connectivity index (χ0v) is 15.6. The van der Waals surface area contributed by atoms with Gasteiger partial charge in [0.25, 0.3) is 5.91 Å². The quantitative estimate of drug-likeness (QED) is 0.532. The number of aryl methyl sites for hydroxylation is 1. The molecule has 142 valence electrons. The van der Waals surface area contributed by atoms with Gasteiger partial charge in [0.05, 0.1) is 12.9 Å². The molecule has 0 unspecified atom stereocenters. The highest BCUT2D eigenvalue weighted by atomic mass is 16.5. The summed E-state index contributed by atoms with van der Waals surface area (Å²) >= 11 is 0. The van der Waals surface area contributed by atoms with Gasteiger partial charge in [0.2, 0.25) is 0 Å². The van der Waals surface area contributed by atoms with E-state index in [9.17, 15) is 4.79 Å². The number of pyridine rings is 1. The molecular weight excluding hydrogens is 354 g/mol. The van der Waals surface area contributed by atoms with Gasteiger partial charge < -0.3 is 18.9 Å². The first-order valence-electron chi connectivity index (χ1n) is 9.10. The minimum Gasteiger partial charge on any atom is -0.467 e. The summed E-state index contributed by atoms with van der Waals surface area (Å²) in [6.07, 6.45) is 3.39. The Balaban J connectivity index is 1.34. The molecule has 0 aliphatic carbocycles. The van der Waals surface area contributed by atoms with Crippen molar-refractivity contribution < 1.29 is 13.9 Å². The second kappa shape index (κ2) is 8.10. The van der Waals surface area contributed by atoms with E-state index in [1.807, 2.05) is 65.9 Å². The van der Waals surface area contributed by atoms with Crippen LogP contribution in [0.2, 0.25) is 0 Å². The molecule has 0 aliphatic rings. The maximum absolute atomic E-state index is 12.5. The lowest BCUT2D eigenvalue weighted by atomic mass is 10.1. The number of carbonyl (C=O) groups excluding carboxylic acids is 1. The largest absolute Gasteiger partial charge is 0.467 e. The summed E-state index contributed by atoms with van der Waals surface area (Å²) in [7, 11) is 0. The van der Waals surface area contributed by atoms with E-state index >= 15 is 0 Å². The summed E-state index contributed by atoms with van der Waals surface area (Å²) in [6.45, 7) is 3.32. The van der Waals surface area contributed by atoms with Gasteiger partial charge in [-0.05, 0) is 42.3 Å². The third kappa shape index (κ3) is 4.13. The summed E-state index contributed by atoms with van der Waals surface area (Å²) in [4.78, 5) is 16.9. The van der Waals surface area contributed by atoms with Crippen molar-refractivity contribution in [3.63, 3.8) is 0 Å². The maximum atomic E-state index is 12.5. The lowest BCUT2D eigenvalue weighted by Gasteiger charge is -2.07. The Morgan fingerprint density at radius 3 is 2.79 bits per heavy atom. The summed E-state index contributed by atoms with van der Waals surface area (Å²) in [5, 5.41) is 2.93. The number of benzene rings is 1. The maximum Gasteiger partial charge on any atom is 0.271 e. The molecule has 1 N–H and O–H groups in total. The number of imidazole rings is 1. The molecular formula is C22H21N3O3. The zero-order valence-electron chi connectivity index (χ0n) is 15.6. The van der Waals surface area contributed by atoms with Crippen molar-refractivity contribution in [2.45, 2.75) is 26.7 Å². The Bertz CT molecular complexity index is 1080. The van der Waals surface area contributed by atoms with Crippen LogP contribution in [-0.4, -0.2) is 15.3 Å². The van der Waals surface area contributed by atoms with Crippen LogP contribution >= 0.6 is 0 Å². The van der Waals surface area contributed by atoms with Gasteiger partial charge in [-0.3, -0.25) is 4.79 Å². The van der Waals surface area contributed by atoms with Crippen molar-refractivity contribution in [1.82, 2.24) is 14.7 Å². The number of fused-ring (bicyclic) bond motifs is 1. The Hall–Kier alpha value is -3.38. The van der Waals surface area contributed by atoms with E-state index in [2.05, 4.69) is 10.3 Å². The van der Waals surface area contributed by atoms with Crippen LogP contribution < -0.4 is 5.32 Å². The average molecular weight is 375 g/mol. The number of nitrogens with zero attached hydrogens (tertiary/aromatic N) is 2. The fourth-order valence-electron chi connectivity index (χ4n) is 3.02. The first-order chi connectivity index (χ1) is 13.7. The number of aromatic nitrogens is 2. The van der Waals surface area contributed by atoms with Gasteiger partial charge in [-0.15, -0.1) is 0 Å². The van der Waals surface area contributed by atoms with E-state index in [0.29, 0.717) is 25.5 Å². The number of rotatable bonds is 7. The van der Waals surface area contributed by atoms with Crippen LogP contribution in [0.5, 0.6) is 0 Å². The van der Waals surface area contributed by atoms with Crippen LogP contribution in [0.25, 0.3) is 5.65 Å². The summed E-state index contributed by atoms with van der Waals surface area (Å²) < 4.78 is 12.8. The molecule has 6 heteroatoms. The monoisotopic (exact) mass is 375 g/mol.